The van der Waals surface area contributed by atoms with E-state index in [1.54, 1.807) is 12.1 Å². The lowest BCUT2D eigenvalue weighted by Gasteiger charge is -2.16. The maximum Gasteiger partial charge on any atom is 0.339 e. The van der Waals surface area contributed by atoms with E-state index in [1.807, 2.05) is 0 Å². The predicted octanol–water partition coefficient (Wildman–Crippen LogP) is 3.56. The molecule has 0 amide bonds. The van der Waals surface area contributed by atoms with E-state index in [0.717, 1.165) is 12.8 Å². The highest BCUT2D eigenvalue weighted by Crippen LogP contribution is 2.23. The van der Waals surface area contributed by atoms with Crippen LogP contribution in [0.15, 0.2) is 18.2 Å². The maximum atomic E-state index is 11.1. The molecule has 0 bridgehead atoms. The minimum atomic E-state index is -1.01. The summed E-state index contributed by atoms with van der Waals surface area (Å²) < 4.78 is 5.67. The fourth-order valence-corrected chi connectivity index (χ4v) is 1.95. The van der Waals surface area contributed by atoms with Crippen molar-refractivity contribution in [3.05, 3.63) is 23.8 Å². The molecule has 0 fully saturated rings. The van der Waals surface area contributed by atoms with Gasteiger partial charge in [0.1, 0.15) is 11.3 Å². The van der Waals surface area contributed by atoms with Gasteiger partial charge in [0, 0.05) is 5.69 Å². The summed E-state index contributed by atoms with van der Waals surface area (Å²) in [4.78, 5) is 11.1. The Labute approximate surface area is 114 Å². The van der Waals surface area contributed by atoms with Gasteiger partial charge < -0.3 is 15.6 Å². The molecule has 19 heavy (non-hydrogen) atoms. The number of carboxylic acids is 1. The van der Waals surface area contributed by atoms with Gasteiger partial charge in [-0.2, -0.15) is 0 Å². The van der Waals surface area contributed by atoms with Crippen LogP contribution in [-0.4, -0.2) is 17.7 Å². The van der Waals surface area contributed by atoms with E-state index >= 15 is 0 Å². The molecule has 0 saturated carbocycles. The Balaban J connectivity index is 2.68. The second-order valence-corrected chi connectivity index (χ2v) is 4.79. The maximum absolute atomic E-state index is 11.1. The number of anilines is 1. The Hall–Kier alpha value is -1.71. The number of benzene rings is 1. The van der Waals surface area contributed by atoms with Crippen molar-refractivity contribution >= 4 is 11.7 Å². The number of hydrogen-bond donors (Lipinski definition) is 2. The second kappa shape index (κ2) is 7.67. The number of unbranched alkanes of at least 4 members (excludes halogenated alkanes) is 1. The standard InChI is InChI=1S/C15H23NO3/c1-3-5-6-11(4-2)10-19-14-8-7-12(16)9-13(14)15(17)18/h7-9,11H,3-6,10,16H2,1-2H3,(H,17,18). The minimum Gasteiger partial charge on any atom is -0.492 e. The molecular weight excluding hydrogens is 242 g/mol. The number of ether oxygens (including phenoxy) is 1. The summed E-state index contributed by atoms with van der Waals surface area (Å²) in [6.07, 6.45) is 4.50. The Morgan fingerprint density at radius 2 is 2.16 bits per heavy atom. The molecule has 0 aliphatic heterocycles. The van der Waals surface area contributed by atoms with E-state index in [-0.39, 0.29) is 5.56 Å². The van der Waals surface area contributed by atoms with E-state index < -0.39 is 5.97 Å². The van der Waals surface area contributed by atoms with Crippen LogP contribution in [0.5, 0.6) is 5.75 Å². The molecule has 0 saturated heterocycles. The average molecular weight is 265 g/mol. The summed E-state index contributed by atoms with van der Waals surface area (Å²) in [7, 11) is 0. The first-order chi connectivity index (χ1) is 9.08. The molecule has 0 aliphatic carbocycles. The molecule has 0 spiro atoms. The summed E-state index contributed by atoms with van der Waals surface area (Å²) in [6, 6.07) is 4.73. The van der Waals surface area contributed by atoms with Crippen LogP contribution >= 0.6 is 0 Å². The van der Waals surface area contributed by atoms with Crippen LogP contribution in [0.3, 0.4) is 0 Å². The quantitative estimate of drug-likeness (QED) is 0.705. The van der Waals surface area contributed by atoms with E-state index in [4.69, 9.17) is 15.6 Å². The van der Waals surface area contributed by atoms with E-state index in [1.165, 1.54) is 18.9 Å². The van der Waals surface area contributed by atoms with Crippen LogP contribution in [0.1, 0.15) is 49.9 Å². The summed E-state index contributed by atoms with van der Waals surface area (Å²) >= 11 is 0. The van der Waals surface area contributed by atoms with Gasteiger partial charge >= 0.3 is 5.97 Å². The van der Waals surface area contributed by atoms with Crippen molar-refractivity contribution in [1.82, 2.24) is 0 Å². The third-order valence-electron chi connectivity index (χ3n) is 3.25. The van der Waals surface area contributed by atoms with E-state index in [0.29, 0.717) is 24.0 Å². The molecule has 4 heteroatoms. The number of rotatable bonds is 8. The molecule has 1 aromatic carbocycles. The molecule has 1 rings (SSSR count). The Morgan fingerprint density at radius 3 is 2.74 bits per heavy atom. The van der Waals surface area contributed by atoms with Gasteiger partial charge in [0.2, 0.25) is 0 Å². The Bertz CT molecular complexity index is 418. The average Bonchev–Trinajstić information content (AvgIpc) is 2.40. The second-order valence-electron chi connectivity index (χ2n) is 4.79. The predicted molar refractivity (Wildman–Crippen MR) is 76.6 cm³/mol. The third kappa shape index (κ3) is 4.81. The number of hydrogen-bond acceptors (Lipinski definition) is 3. The molecule has 106 valence electrons. The van der Waals surface area contributed by atoms with E-state index in [2.05, 4.69) is 13.8 Å². The van der Waals surface area contributed by atoms with Gasteiger partial charge in [0.05, 0.1) is 6.61 Å². The molecule has 0 aromatic heterocycles. The molecule has 0 heterocycles. The fraction of sp³-hybridized carbons (Fsp3) is 0.533. The van der Waals surface area contributed by atoms with Crippen molar-refractivity contribution < 1.29 is 14.6 Å². The number of carbonyl (C=O) groups is 1. The molecule has 0 aliphatic rings. The van der Waals surface area contributed by atoms with Gasteiger partial charge in [-0.3, -0.25) is 0 Å². The van der Waals surface area contributed by atoms with Crippen LogP contribution in [0.2, 0.25) is 0 Å². The number of nitrogen functional groups attached to an aromatic ring is 1. The monoisotopic (exact) mass is 265 g/mol. The highest BCUT2D eigenvalue weighted by atomic mass is 16.5. The topological polar surface area (TPSA) is 72.5 Å². The van der Waals surface area contributed by atoms with Crippen molar-refractivity contribution in [2.24, 2.45) is 5.92 Å². The lowest BCUT2D eigenvalue weighted by molar-refractivity contribution is 0.0691. The fourth-order valence-electron chi connectivity index (χ4n) is 1.95. The van der Waals surface area contributed by atoms with Crippen molar-refractivity contribution in [3.63, 3.8) is 0 Å². The highest BCUT2D eigenvalue weighted by molar-refractivity contribution is 5.92. The van der Waals surface area contributed by atoms with Gasteiger partial charge in [-0.1, -0.05) is 33.1 Å². The lowest BCUT2D eigenvalue weighted by Crippen LogP contribution is -2.13. The summed E-state index contributed by atoms with van der Waals surface area (Å²) in [5.41, 5.74) is 6.16. The number of carboxylic acid groups (broad SMARTS) is 1. The largest absolute Gasteiger partial charge is 0.492 e. The van der Waals surface area contributed by atoms with Gasteiger partial charge in [-0.05, 0) is 30.5 Å². The zero-order valence-corrected chi connectivity index (χ0v) is 11.7. The normalized spacial score (nSPS) is 12.1. The van der Waals surface area contributed by atoms with E-state index in [9.17, 15) is 4.79 Å². The Kier molecular flexibility index (Phi) is 6.19. The number of aromatic carboxylic acids is 1. The van der Waals surface area contributed by atoms with Gasteiger partial charge in [-0.15, -0.1) is 0 Å². The van der Waals surface area contributed by atoms with Crippen molar-refractivity contribution in [1.29, 1.82) is 0 Å². The highest BCUT2D eigenvalue weighted by Gasteiger charge is 2.13. The minimum absolute atomic E-state index is 0.130. The molecule has 4 nitrogen and oxygen atoms in total. The molecular formula is C15H23NO3. The molecule has 3 N–H and O–H groups in total. The zero-order valence-electron chi connectivity index (χ0n) is 11.7. The smallest absolute Gasteiger partial charge is 0.339 e. The summed E-state index contributed by atoms with van der Waals surface area (Å²) in [5.74, 6) is -0.139. The van der Waals surface area contributed by atoms with Gasteiger partial charge in [-0.25, -0.2) is 4.79 Å². The molecule has 1 unspecified atom stereocenters. The van der Waals surface area contributed by atoms with Crippen molar-refractivity contribution in [3.8, 4) is 5.75 Å². The zero-order chi connectivity index (χ0) is 14.3. The summed E-state index contributed by atoms with van der Waals surface area (Å²) in [5, 5.41) is 9.12. The summed E-state index contributed by atoms with van der Waals surface area (Å²) in [6.45, 7) is 4.85. The van der Waals surface area contributed by atoms with Gasteiger partial charge in [0.25, 0.3) is 0 Å². The first-order valence-corrected chi connectivity index (χ1v) is 6.84. The van der Waals surface area contributed by atoms with Crippen LogP contribution < -0.4 is 10.5 Å². The Morgan fingerprint density at radius 1 is 1.42 bits per heavy atom. The van der Waals surface area contributed by atoms with Crippen LogP contribution in [0, 0.1) is 5.92 Å². The first kappa shape index (κ1) is 15.3. The lowest BCUT2D eigenvalue weighted by atomic mass is 10.0. The third-order valence-corrected chi connectivity index (χ3v) is 3.25. The van der Waals surface area contributed by atoms with Crippen LogP contribution in [0.25, 0.3) is 0 Å². The number of nitrogens with two attached hydrogens (primary N) is 1. The molecule has 0 radical (unpaired) electrons. The SMILES string of the molecule is CCCCC(CC)COc1ccc(N)cc1C(=O)O. The molecule has 1 aromatic rings. The van der Waals surface area contributed by atoms with Crippen molar-refractivity contribution in [2.75, 3.05) is 12.3 Å². The first-order valence-electron chi connectivity index (χ1n) is 6.84. The van der Waals surface area contributed by atoms with Crippen LogP contribution in [0.4, 0.5) is 5.69 Å². The van der Waals surface area contributed by atoms with Crippen molar-refractivity contribution in [2.45, 2.75) is 39.5 Å². The van der Waals surface area contributed by atoms with Gasteiger partial charge in [0.15, 0.2) is 0 Å². The van der Waals surface area contributed by atoms with Crippen LogP contribution in [-0.2, 0) is 0 Å². The molecule has 1 atom stereocenters.